The number of allylic oxidation sites excluding steroid dienone is 12. The van der Waals surface area contributed by atoms with Gasteiger partial charge in [-0.25, -0.2) is 0 Å². The number of rotatable bonds is 45. The standard InChI is InChI=1S/C55H97NO5/c1-4-7-10-13-16-19-22-25-27-28-30-33-36-39-42-45-48-55(60)61-51(46-43-40-37-34-31-24-21-18-15-12-9-6-3)49-54(59)56-52(50-57)53(58)47-44-41-38-35-32-29-26-23-20-17-14-11-8-5-2/h7,9-10,12,16,18-19,21,25,27,31,34,51-53,57-58H,4-6,8,11,13-15,17,20,22-24,26,28-30,32-33,35-50H2,1-3H3,(H,56,59)/b10-7+,12-9+,19-16+,21-18+,27-25+,34-31+. The molecular formula is C55H97NO5. The summed E-state index contributed by atoms with van der Waals surface area (Å²) in [5, 5.41) is 23.8. The number of aliphatic hydroxyl groups is 2. The molecule has 3 unspecified atom stereocenters. The first-order chi connectivity index (χ1) is 30.0. The van der Waals surface area contributed by atoms with Gasteiger partial charge in [0.25, 0.3) is 0 Å². The highest BCUT2D eigenvalue weighted by atomic mass is 16.5. The Labute approximate surface area is 377 Å². The van der Waals surface area contributed by atoms with Crippen molar-refractivity contribution in [2.24, 2.45) is 0 Å². The number of amides is 1. The molecule has 0 saturated heterocycles. The molecule has 0 aliphatic rings. The lowest BCUT2D eigenvalue weighted by atomic mass is 10.0. The molecule has 0 fully saturated rings. The third-order valence-corrected chi connectivity index (χ3v) is 11.3. The summed E-state index contributed by atoms with van der Waals surface area (Å²) in [4.78, 5) is 26.1. The minimum atomic E-state index is -0.802. The zero-order valence-electron chi connectivity index (χ0n) is 40.0. The van der Waals surface area contributed by atoms with E-state index >= 15 is 0 Å². The lowest BCUT2D eigenvalue weighted by molar-refractivity contribution is -0.151. The second-order valence-corrected chi connectivity index (χ2v) is 17.2. The third-order valence-electron chi connectivity index (χ3n) is 11.3. The Bertz CT molecular complexity index is 1140. The normalized spacial score (nSPS) is 13.9. The van der Waals surface area contributed by atoms with E-state index in [2.05, 4.69) is 99.0 Å². The van der Waals surface area contributed by atoms with Gasteiger partial charge in [0.1, 0.15) is 6.10 Å². The van der Waals surface area contributed by atoms with Crippen molar-refractivity contribution in [3.8, 4) is 0 Å². The maximum absolute atomic E-state index is 13.2. The summed E-state index contributed by atoms with van der Waals surface area (Å²) in [6, 6.07) is -0.719. The molecule has 352 valence electrons. The minimum Gasteiger partial charge on any atom is -0.462 e. The van der Waals surface area contributed by atoms with Crippen LogP contribution in [0.4, 0.5) is 0 Å². The fourth-order valence-corrected chi connectivity index (χ4v) is 7.46. The molecule has 0 saturated carbocycles. The zero-order chi connectivity index (χ0) is 44.5. The van der Waals surface area contributed by atoms with Gasteiger partial charge in [-0.3, -0.25) is 9.59 Å². The number of hydrogen-bond acceptors (Lipinski definition) is 5. The van der Waals surface area contributed by atoms with Crippen LogP contribution in [-0.2, 0) is 14.3 Å². The summed E-state index contributed by atoms with van der Waals surface area (Å²) in [5.74, 6) is -0.529. The molecular weight excluding hydrogens is 755 g/mol. The van der Waals surface area contributed by atoms with Crippen LogP contribution in [0.1, 0.15) is 239 Å². The summed E-state index contributed by atoms with van der Waals surface area (Å²) >= 11 is 0. The van der Waals surface area contributed by atoms with Crippen molar-refractivity contribution in [2.45, 2.75) is 257 Å². The second kappa shape index (κ2) is 48.3. The van der Waals surface area contributed by atoms with E-state index in [0.29, 0.717) is 19.3 Å². The van der Waals surface area contributed by atoms with Crippen molar-refractivity contribution in [1.29, 1.82) is 0 Å². The highest BCUT2D eigenvalue weighted by molar-refractivity contribution is 5.77. The largest absolute Gasteiger partial charge is 0.462 e. The quantitative estimate of drug-likeness (QED) is 0.0322. The van der Waals surface area contributed by atoms with E-state index in [9.17, 15) is 19.8 Å². The number of esters is 1. The van der Waals surface area contributed by atoms with Gasteiger partial charge >= 0.3 is 5.97 Å². The van der Waals surface area contributed by atoms with Crippen LogP contribution < -0.4 is 5.32 Å². The van der Waals surface area contributed by atoms with Gasteiger partial charge in [-0.2, -0.15) is 0 Å². The maximum atomic E-state index is 13.2. The molecule has 3 N–H and O–H groups in total. The number of unbranched alkanes of at least 4 members (excludes halogenated alkanes) is 21. The maximum Gasteiger partial charge on any atom is 0.306 e. The van der Waals surface area contributed by atoms with Crippen LogP contribution >= 0.6 is 0 Å². The van der Waals surface area contributed by atoms with Crippen molar-refractivity contribution >= 4 is 11.9 Å². The van der Waals surface area contributed by atoms with Crippen LogP contribution in [0, 0.1) is 0 Å². The van der Waals surface area contributed by atoms with Crippen LogP contribution in [0.25, 0.3) is 0 Å². The van der Waals surface area contributed by atoms with Crippen LogP contribution in [-0.4, -0.2) is 46.9 Å². The van der Waals surface area contributed by atoms with Crippen LogP contribution in [0.2, 0.25) is 0 Å². The van der Waals surface area contributed by atoms with Crippen LogP contribution in [0.15, 0.2) is 72.9 Å². The van der Waals surface area contributed by atoms with E-state index in [1.54, 1.807) is 0 Å². The van der Waals surface area contributed by atoms with Crippen LogP contribution in [0.3, 0.4) is 0 Å². The average molecular weight is 852 g/mol. The highest BCUT2D eigenvalue weighted by Gasteiger charge is 2.24. The monoisotopic (exact) mass is 852 g/mol. The highest BCUT2D eigenvalue weighted by Crippen LogP contribution is 2.17. The summed E-state index contributed by atoms with van der Waals surface area (Å²) in [6.45, 7) is 6.24. The first kappa shape index (κ1) is 58.3. The molecule has 6 nitrogen and oxygen atoms in total. The summed E-state index contributed by atoms with van der Waals surface area (Å²) in [5.41, 5.74) is 0. The number of nitrogens with one attached hydrogen (secondary N) is 1. The Kier molecular flexibility index (Phi) is 46.2. The van der Waals surface area contributed by atoms with Gasteiger partial charge in [0.05, 0.1) is 25.2 Å². The minimum absolute atomic E-state index is 0.0436. The predicted molar refractivity (Wildman–Crippen MR) is 264 cm³/mol. The average Bonchev–Trinajstić information content (AvgIpc) is 3.25. The Hall–Kier alpha value is -2.70. The fourth-order valence-electron chi connectivity index (χ4n) is 7.46. The molecule has 0 aromatic rings. The van der Waals surface area contributed by atoms with Crippen LogP contribution in [0.5, 0.6) is 0 Å². The smallest absolute Gasteiger partial charge is 0.306 e. The molecule has 0 rings (SSSR count). The Morgan fingerprint density at radius 3 is 1.36 bits per heavy atom. The molecule has 0 aliphatic carbocycles. The number of carbonyl (C=O) groups is 2. The summed E-state index contributed by atoms with van der Waals surface area (Å²) in [6.07, 6.45) is 61.1. The molecule has 0 aromatic heterocycles. The van der Waals surface area contributed by atoms with Gasteiger partial charge < -0.3 is 20.3 Å². The van der Waals surface area contributed by atoms with E-state index in [4.69, 9.17) is 4.74 Å². The molecule has 0 bridgehead atoms. The molecule has 0 aromatic carbocycles. The van der Waals surface area contributed by atoms with Gasteiger partial charge in [-0.15, -0.1) is 0 Å². The van der Waals surface area contributed by atoms with Crippen molar-refractivity contribution in [1.82, 2.24) is 5.32 Å². The SMILES string of the molecule is CC/C=C/C/C=C/C/C=C/CCCCCCCCC(=O)OC(CCCC/C=C/C/C=C/C/C=C/CC)CC(=O)NC(CO)C(O)CCCCCCCCCCCCCCCC. The third kappa shape index (κ3) is 43.7. The number of hydrogen-bond donors (Lipinski definition) is 3. The Morgan fingerprint density at radius 1 is 0.492 bits per heavy atom. The fraction of sp³-hybridized carbons (Fsp3) is 0.745. The van der Waals surface area contributed by atoms with E-state index in [0.717, 1.165) is 103 Å². The van der Waals surface area contributed by atoms with E-state index < -0.39 is 18.2 Å². The van der Waals surface area contributed by atoms with Crippen molar-refractivity contribution in [2.75, 3.05) is 6.61 Å². The van der Waals surface area contributed by atoms with E-state index in [1.165, 1.54) is 89.9 Å². The topological polar surface area (TPSA) is 95.9 Å². The second-order valence-electron chi connectivity index (χ2n) is 17.2. The first-order valence-electron chi connectivity index (χ1n) is 25.7. The van der Waals surface area contributed by atoms with E-state index in [-0.39, 0.29) is 24.9 Å². The zero-order valence-corrected chi connectivity index (χ0v) is 40.0. The molecule has 0 radical (unpaired) electrons. The molecule has 0 heterocycles. The summed E-state index contributed by atoms with van der Waals surface area (Å²) in [7, 11) is 0. The first-order valence-corrected chi connectivity index (χ1v) is 25.7. The van der Waals surface area contributed by atoms with Crippen molar-refractivity contribution < 1.29 is 24.5 Å². The molecule has 0 aliphatic heterocycles. The van der Waals surface area contributed by atoms with Gasteiger partial charge in [0.15, 0.2) is 0 Å². The molecule has 3 atom stereocenters. The lowest BCUT2D eigenvalue weighted by Crippen LogP contribution is -2.46. The Balaban J connectivity index is 4.61. The molecule has 1 amide bonds. The Morgan fingerprint density at radius 2 is 0.885 bits per heavy atom. The number of aliphatic hydroxyl groups excluding tert-OH is 2. The van der Waals surface area contributed by atoms with Crippen molar-refractivity contribution in [3.05, 3.63) is 72.9 Å². The van der Waals surface area contributed by atoms with Gasteiger partial charge in [0.2, 0.25) is 5.91 Å². The molecule has 0 spiro atoms. The number of ether oxygens (including phenoxy) is 1. The van der Waals surface area contributed by atoms with Gasteiger partial charge in [-0.05, 0) is 89.9 Å². The summed E-state index contributed by atoms with van der Waals surface area (Å²) < 4.78 is 5.90. The number of carbonyl (C=O) groups excluding carboxylic acids is 2. The predicted octanol–water partition coefficient (Wildman–Crippen LogP) is 15.4. The molecule has 6 heteroatoms. The van der Waals surface area contributed by atoms with Gasteiger partial charge in [-0.1, -0.05) is 209 Å². The van der Waals surface area contributed by atoms with Gasteiger partial charge in [0, 0.05) is 6.42 Å². The lowest BCUT2D eigenvalue weighted by Gasteiger charge is -2.24. The van der Waals surface area contributed by atoms with E-state index in [1.807, 2.05) is 0 Å². The van der Waals surface area contributed by atoms with Crippen molar-refractivity contribution in [3.63, 3.8) is 0 Å². The molecule has 61 heavy (non-hydrogen) atoms.